The highest BCUT2D eigenvalue weighted by molar-refractivity contribution is 7.88. The van der Waals surface area contributed by atoms with E-state index in [4.69, 9.17) is 0 Å². The highest BCUT2D eigenvalue weighted by Gasteiger charge is 2.48. The number of hydrogen-bond acceptors (Lipinski definition) is 5. The quantitative estimate of drug-likeness (QED) is 0.503. The minimum atomic E-state index is -5.84. The number of rotatable bonds is 5. The molecule has 0 bridgehead atoms. The topological polar surface area (TPSA) is 76.5 Å². The predicted molar refractivity (Wildman–Crippen MR) is 96.2 cm³/mol. The lowest BCUT2D eigenvalue weighted by Gasteiger charge is -2.14. The third kappa shape index (κ3) is 4.25. The average Bonchev–Trinajstić information content (AvgIpc) is 2.63. The van der Waals surface area contributed by atoms with Gasteiger partial charge in [-0.05, 0) is 29.8 Å². The van der Waals surface area contributed by atoms with Crippen molar-refractivity contribution in [2.24, 2.45) is 0 Å². The predicted octanol–water partition coefficient (Wildman–Crippen LogP) is 4.27. The Hall–Kier alpha value is -3.07. The van der Waals surface area contributed by atoms with Gasteiger partial charge in [0.2, 0.25) is 0 Å². The number of phenols is 1. The van der Waals surface area contributed by atoms with Crippen LogP contribution < -0.4 is 4.18 Å². The van der Waals surface area contributed by atoms with Gasteiger partial charge in [-0.1, -0.05) is 42.5 Å². The van der Waals surface area contributed by atoms with Crippen LogP contribution in [0.15, 0.2) is 66.7 Å². The van der Waals surface area contributed by atoms with E-state index in [1.165, 1.54) is 12.1 Å². The fourth-order valence-corrected chi connectivity index (χ4v) is 2.97. The van der Waals surface area contributed by atoms with Crippen LogP contribution in [-0.2, 0) is 16.5 Å². The summed E-state index contributed by atoms with van der Waals surface area (Å²) in [5.41, 5.74) is -4.27. The molecule has 0 aliphatic rings. The van der Waals surface area contributed by atoms with Gasteiger partial charge in [-0.25, -0.2) is 4.98 Å². The number of nitrogens with zero attached hydrogens (tertiary/aromatic N) is 1. The van der Waals surface area contributed by atoms with E-state index < -0.39 is 21.4 Å². The van der Waals surface area contributed by atoms with Crippen LogP contribution in [0.25, 0.3) is 11.3 Å². The molecule has 146 valence electrons. The lowest BCUT2D eigenvalue weighted by Crippen LogP contribution is -2.28. The third-order valence-electron chi connectivity index (χ3n) is 3.81. The molecule has 3 aromatic rings. The first kappa shape index (κ1) is 19.7. The van der Waals surface area contributed by atoms with Crippen molar-refractivity contribution in [3.63, 3.8) is 0 Å². The Morgan fingerprint density at radius 1 is 0.929 bits per heavy atom. The van der Waals surface area contributed by atoms with Gasteiger partial charge >= 0.3 is 15.6 Å². The molecule has 1 heterocycles. The molecule has 1 aromatic heterocycles. The van der Waals surface area contributed by atoms with E-state index in [-0.39, 0.29) is 23.6 Å². The number of aromatic hydroxyl groups is 1. The van der Waals surface area contributed by atoms with E-state index in [9.17, 15) is 26.7 Å². The summed E-state index contributed by atoms with van der Waals surface area (Å²) < 4.78 is 65.3. The summed E-state index contributed by atoms with van der Waals surface area (Å²) in [4.78, 5) is 4.25. The Labute approximate surface area is 159 Å². The number of pyridine rings is 1. The zero-order valence-electron chi connectivity index (χ0n) is 14.2. The van der Waals surface area contributed by atoms with Crippen molar-refractivity contribution in [1.29, 1.82) is 0 Å². The lowest BCUT2D eigenvalue weighted by molar-refractivity contribution is -0.0500. The second-order valence-electron chi connectivity index (χ2n) is 5.80. The first-order valence-corrected chi connectivity index (χ1v) is 9.41. The van der Waals surface area contributed by atoms with Crippen molar-refractivity contribution in [2.75, 3.05) is 0 Å². The van der Waals surface area contributed by atoms with E-state index >= 15 is 0 Å². The summed E-state index contributed by atoms with van der Waals surface area (Å²) in [6.45, 7) is 0. The summed E-state index contributed by atoms with van der Waals surface area (Å²) in [5.74, 6) is -0.599. The van der Waals surface area contributed by atoms with Crippen LogP contribution in [0.1, 0.15) is 11.3 Å². The number of aromatic nitrogens is 1. The summed E-state index contributed by atoms with van der Waals surface area (Å²) in [5, 5.41) is 9.99. The molecule has 0 aliphatic heterocycles. The standard InChI is InChI=1S/C19H14F3NO4S/c20-19(21,22)28(25,26)27-18-11-10-15(14-8-4-5-9-17(14)24)23-16(18)12-13-6-2-1-3-7-13/h1-11,24H,12H2. The van der Waals surface area contributed by atoms with Crippen LogP contribution in [-0.4, -0.2) is 24.0 Å². The highest BCUT2D eigenvalue weighted by atomic mass is 32.2. The Kier molecular flexibility index (Phi) is 5.28. The molecule has 0 unspecified atom stereocenters. The fraction of sp³-hybridized carbons (Fsp3) is 0.105. The third-order valence-corrected chi connectivity index (χ3v) is 4.78. The number of benzene rings is 2. The van der Waals surface area contributed by atoms with Gasteiger partial charge in [-0.3, -0.25) is 0 Å². The molecule has 0 fully saturated rings. The number of phenolic OH excluding ortho intramolecular Hbond substituents is 1. The van der Waals surface area contributed by atoms with Gasteiger partial charge in [0.25, 0.3) is 0 Å². The second-order valence-corrected chi connectivity index (χ2v) is 7.34. The van der Waals surface area contributed by atoms with E-state index in [1.807, 2.05) is 0 Å². The molecule has 2 aromatic carbocycles. The molecule has 0 aliphatic carbocycles. The number of halogens is 3. The lowest BCUT2D eigenvalue weighted by atomic mass is 10.1. The Morgan fingerprint density at radius 3 is 2.21 bits per heavy atom. The van der Waals surface area contributed by atoms with E-state index in [0.717, 1.165) is 6.07 Å². The highest BCUT2D eigenvalue weighted by Crippen LogP contribution is 2.33. The summed E-state index contributed by atoms with van der Waals surface area (Å²) in [7, 11) is -5.84. The van der Waals surface area contributed by atoms with E-state index in [0.29, 0.717) is 11.1 Å². The van der Waals surface area contributed by atoms with Gasteiger partial charge in [-0.2, -0.15) is 21.6 Å². The van der Waals surface area contributed by atoms with Gasteiger partial charge in [-0.15, -0.1) is 0 Å². The molecule has 0 saturated heterocycles. The minimum Gasteiger partial charge on any atom is -0.507 e. The van der Waals surface area contributed by atoms with Gasteiger partial charge in [0.15, 0.2) is 5.75 Å². The van der Waals surface area contributed by atoms with Gasteiger partial charge in [0, 0.05) is 12.0 Å². The van der Waals surface area contributed by atoms with Crippen molar-refractivity contribution < 1.29 is 30.9 Å². The van der Waals surface area contributed by atoms with E-state index in [1.54, 1.807) is 48.5 Å². The van der Waals surface area contributed by atoms with Crippen molar-refractivity contribution in [3.8, 4) is 22.8 Å². The first-order valence-electron chi connectivity index (χ1n) is 8.00. The molecular formula is C19H14F3NO4S. The molecule has 0 amide bonds. The summed E-state index contributed by atoms with van der Waals surface area (Å²) in [6.07, 6.45) is 0.0327. The molecule has 3 rings (SSSR count). The molecule has 28 heavy (non-hydrogen) atoms. The maximum absolute atomic E-state index is 12.7. The molecule has 0 spiro atoms. The number of hydrogen-bond donors (Lipinski definition) is 1. The first-order chi connectivity index (χ1) is 13.2. The number of alkyl halides is 3. The Bertz CT molecular complexity index is 1080. The average molecular weight is 409 g/mol. The van der Waals surface area contributed by atoms with Crippen LogP contribution in [0.4, 0.5) is 13.2 Å². The summed E-state index contributed by atoms with van der Waals surface area (Å²) in [6, 6.07) is 17.3. The largest absolute Gasteiger partial charge is 0.534 e. The Morgan fingerprint density at radius 2 is 1.57 bits per heavy atom. The SMILES string of the molecule is O=S(=O)(Oc1ccc(-c2ccccc2O)nc1Cc1ccccc1)C(F)(F)F. The van der Waals surface area contributed by atoms with Gasteiger partial charge in [0.1, 0.15) is 5.75 Å². The molecule has 9 heteroatoms. The van der Waals surface area contributed by atoms with Crippen molar-refractivity contribution in [2.45, 2.75) is 11.9 Å². The monoisotopic (exact) mass is 409 g/mol. The molecule has 1 N–H and O–H groups in total. The van der Waals surface area contributed by atoms with Crippen LogP contribution in [0, 0.1) is 0 Å². The van der Waals surface area contributed by atoms with Crippen molar-refractivity contribution in [1.82, 2.24) is 4.98 Å². The molecule has 0 saturated carbocycles. The van der Waals surface area contributed by atoms with Crippen LogP contribution >= 0.6 is 0 Å². The zero-order valence-corrected chi connectivity index (χ0v) is 15.0. The van der Waals surface area contributed by atoms with Crippen LogP contribution in [0.5, 0.6) is 11.5 Å². The van der Waals surface area contributed by atoms with Crippen molar-refractivity contribution in [3.05, 3.63) is 78.0 Å². The van der Waals surface area contributed by atoms with Gasteiger partial charge in [0.05, 0.1) is 11.4 Å². The second kappa shape index (κ2) is 7.51. The van der Waals surface area contributed by atoms with Crippen LogP contribution in [0.3, 0.4) is 0 Å². The maximum Gasteiger partial charge on any atom is 0.534 e. The summed E-state index contributed by atoms with van der Waals surface area (Å²) >= 11 is 0. The molecular weight excluding hydrogens is 395 g/mol. The fourth-order valence-electron chi connectivity index (χ4n) is 2.49. The van der Waals surface area contributed by atoms with E-state index in [2.05, 4.69) is 9.17 Å². The molecule has 0 radical (unpaired) electrons. The Balaban J connectivity index is 2.07. The van der Waals surface area contributed by atoms with Crippen LogP contribution in [0.2, 0.25) is 0 Å². The van der Waals surface area contributed by atoms with Gasteiger partial charge < -0.3 is 9.29 Å². The maximum atomic E-state index is 12.7. The van der Waals surface area contributed by atoms with Crippen molar-refractivity contribution >= 4 is 10.1 Å². The molecule has 5 nitrogen and oxygen atoms in total. The minimum absolute atomic E-state index is 0.0141. The normalized spacial score (nSPS) is 12.0. The number of para-hydroxylation sites is 1. The zero-order chi connectivity index (χ0) is 20.4. The smallest absolute Gasteiger partial charge is 0.507 e. The molecule has 0 atom stereocenters.